The average molecular weight is 438 g/mol. The molecule has 0 unspecified atom stereocenters. The molecule has 0 saturated carbocycles. The van der Waals surface area contributed by atoms with Crippen LogP contribution in [0, 0.1) is 6.92 Å². The first kappa shape index (κ1) is 25.7. The number of ether oxygens (including phenoxy) is 4. The second-order valence-electron chi connectivity index (χ2n) is 7.57. The van der Waals surface area contributed by atoms with E-state index < -0.39 is 0 Å². The number of amides is 1. The lowest BCUT2D eigenvalue weighted by Crippen LogP contribution is -2.36. The molecule has 1 saturated heterocycles. The minimum atomic E-state index is 0.0424. The van der Waals surface area contributed by atoms with Crippen molar-refractivity contribution in [2.45, 2.75) is 32.2 Å². The van der Waals surface area contributed by atoms with Crippen LogP contribution in [0.25, 0.3) is 0 Å². The molecule has 2 rings (SSSR count). The summed E-state index contributed by atoms with van der Waals surface area (Å²) in [5.41, 5.74) is 1.94. The molecule has 1 fully saturated rings. The Labute approximate surface area is 186 Å². The van der Waals surface area contributed by atoms with E-state index in [1.807, 2.05) is 31.2 Å². The molecule has 8 heteroatoms. The summed E-state index contributed by atoms with van der Waals surface area (Å²) in [4.78, 5) is 12.3. The molecule has 31 heavy (non-hydrogen) atoms. The van der Waals surface area contributed by atoms with Crippen molar-refractivity contribution in [3.8, 4) is 0 Å². The van der Waals surface area contributed by atoms with E-state index >= 15 is 0 Å². The largest absolute Gasteiger partial charge is 0.378 e. The highest BCUT2D eigenvalue weighted by molar-refractivity contribution is 5.91. The molecule has 176 valence electrons. The summed E-state index contributed by atoms with van der Waals surface area (Å²) < 4.78 is 22.5. The van der Waals surface area contributed by atoms with Gasteiger partial charge in [0.25, 0.3) is 0 Å². The monoisotopic (exact) mass is 437 g/mol. The number of hydrogen-bond acceptors (Lipinski definition) is 7. The van der Waals surface area contributed by atoms with Crippen LogP contribution < -0.4 is 16.0 Å². The minimum Gasteiger partial charge on any atom is -0.378 e. The highest BCUT2D eigenvalue weighted by atomic mass is 16.5. The van der Waals surface area contributed by atoms with Gasteiger partial charge >= 0.3 is 0 Å². The maximum Gasteiger partial charge on any atom is 0.224 e. The average Bonchev–Trinajstić information content (AvgIpc) is 2.76. The van der Waals surface area contributed by atoms with E-state index in [9.17, 15) is 4.79 Å². The first-order valence-corrected chi connectivity index (χ1v) is 11.4. The van der Waals surface area contributed by atoms with E-state index in [4.69, 9.17) is 18.9 Å². The lowest BCUT2D eigenvalue weighted by atomic mass is 10.1. The highest BCUT2D eigenvalue weighted by Gasteiger charge is 2.11. The second kappa shape index (κ2) is 17.1. The number of benzene rings is 1. The van der Waals surface area contributed by atoms with Crippen molar-refractivity contribution in [1.29, 1.82) is 0 Å². The molecule has 1 aliphatic heterocycles. The van der Waals surface area contributed by atoms with Gasteiger partial charge in [-0.1, -0.05) is 18.2 Å². The molecule has 0 bridgehead atoms. The Hall–Kier alpha value is -1.55. The molecule has 0 aromatic heterocycles. The van der Waals surface area contributed by atoms with E-state index in [-0.39, 0.29) is 11.9 Å². The van der Waals surface area contributed by atoms with E-state index in [0.717, 1.165) is 43.7 Å². The van der Waals surface area contributed by atoms with Crippen LogP contribution in [0.5, 0.6) is 0 Å². The lowest BCUT2D eigenvalue weighted by Gasteiger charge is -2.19. The molecule has 8 nitrogen and oxygen atoms in total. The molecule has 1 aliphatic rings. The zero-order valence-electron chi connectivity index (χ0n) is 18.8. The van der Waals surface area contributed by atoms with Crippen LogP contribution in [0.1, 0.15) is 24.8 Å². The summed E-state index contributed by atoms with van der Waals surface area (Å²) in [5.74, 6) is 0.0424. The third kappa shape index (κ3) is 12.8. The number of para-hydroxylation sites is 1. The van der Waals surface area contributed by atoms with Crippen LogP contribution in [-0.2, 0) is 23.7 Å². The molecule has 1 atom stereocenters. The molecule has 1 amide bonds. The maximum atomic E-state index is 12.3. The number of hydrogen-bond donors (Lipinski definition) is 3. The number of aryl methyl sites for hydroxylation is 1. The number of carbonyl (C=O) groups is 1. The van der Waals surface area contributed by atoms with Gasteiger partial charge in [-0.05, 0) is 31.4 Å². The van der Waals surface area contributed by atoms with Gasteiger partial charge in [0.15, 0.2) is 0 Å². The van der Waals surface area contributed by atoms with Gasteiger partial charge in [-0.25, -0.2) is 0 Å². The van der Waals surface area contributed by atoms with E-state index in [2.05, 4.69) is 16.0 Å². The van der Waals surface area contributed by atoms with E-state index in [1.54, 1.807) is 0 Å². The van der Waals surface area contributed by atoms with Gasteiger partial charge in [0.05, 0.1) is 52.9 Å². The Bertz CT molecular complexity index is 584. The number of carbonyl (C=O) groups excluding carboxylic acids is 1. The zero-order valence-corrected chi connectivity index (χ0v) is 18.8. The van der Waals surface area contributed by atoms with Crippen molar-refractivity contribution in [1.82, 2.24) is 10.6 Å². The Balaban J connectivity index is 1.68. The highest BCUT2D eigenvalue weighted by Crippen LogP contribution is 2.14. The summed E-state index contributed by atoms with van der Waals surface area (Å²) in [7, 11) is 0. The van der Waals surface area contributed by atoms with Crippen LogP contribution in [0.15, 0.2) is 24.3 Å². The lowest BCUT2D eigenvalue weighted by molar-refractivity contribution is -0.116. The normalized spacial score (nSPS) is 21.0. The molecule has 3 N–H and O–H groups in total. The Morgan fingerprint density at radius 2 is 1.58 bits per heavy atom. The fourth-order valence-electron chi connectivity index (χ4n) is 3.20. The summed E-state index contributed by atoms with van der Waals surface area (Å²) in [6.45, 7) is 9.20. The first-order chi connectivity index (χ1) is 15.3. The van der Waals surface area contributed by atoms with Gasteiger partial charge in [-0.15, -0.1) is 0 Å². The van der Waals surface area contributed by atoms with Crippen molar-refractivity contribution < 1.29 is 23.7 Å². The van der Waals surface area contributed by atoms with Crippen LogP contribution in [0.4, 0.5) is 5.69 Å². The van der Waals surface area contributed by atoms with E-state index in [1.165, 1.54) is 0 Å². The Morgan fingerprint density at radius 3 is 2.29 bits per heavy atom. The standard InChI is InChI=1S/C23H39N3O5/c1-20-5-2-3-7-22(20)26-23(27)8-4-6-21-19-31-18-17-29-13-10-24-9-12-28-15-16-30-14-11-25-21/h2-3,5,7,21,24-25H,4,6,8-19H2,1H3,(H,26,27)/t21-/m1/s1. The van der Waals surface area contributed by atoms with Gasteiger partial charge in [-0.2, -0.15) is 0 Å². The van der Waals surface area contributed by atoms with Crippen molar-refractivity contribution in [3.05, 3.63) is 29.8 Å². The summed E-state index contributed by atoms with van der Waals surface area (Å²) in [6, 6.07) is 7.99. The van der Waals surface area contributed by atoms with Crippen molar-refractivity contribution in [2.24, 2.45) is 0 Å². The van der Waals surface area contributed by atoms with Crippen LogP contribution >= 0.6 is 0 Å². The van der Waals surface area contributed by atoms with E-state index in [0.29, 0.717) is 59.3 Å². The fraction of sp³-hybridized carbons (Fsp3) is 0.696. The quantitative estimate of drug-likeness (QED) is 0.646. The van der Waals surface area contributed by atoms with Crippen LogP contribution in [-0.4, -0.2) is 84.4 Å². The first-order valence-electron chi connectivity index (χ1n) is 11.4. The van der Waals surface area contributed by atoms with Crippen molar-refractivity contribution >= 4 is 11.6 Å². The molecule has 1 heterocycles. The predicted octanol–water partition coefficient (Wildman–Crippen LogP) is 1.73. The number of rotatable bonds is 5. The predicted molar refractivity (Wildman–Crippen MR) is 122 cm³/mol. The minimum absolute atomic E-state index is 0.0424. The molecule has 0 radical (unpaired) electrons. The number of nitrogens with one attached hydrogen (secondary N) is 3. The SMILES string of the molecule is Cc1ccccc1NC(=O)CCC[C@@H]1COCCOCCNCCOCCOCCN1. The molecule has 0 spiro atoms. The van der Waals surface area contributed by atoms with Crippen LogP contribution in [0.3, 0.4) is 0 Å². The smallest absolute Gasteiger partial charge is 0.224 e. The molecular weight excluding hydrogens is 398 g/mol. The topological polar surface area (TPSA) is 90.1 Å². The third-order valence-electron chi connectivity index (χ3n) is 4.96. The summed E-state index contributed by atoms with van der Waals surface area (Å²) in [5, 5.41) is 9.75. The zero-order chi connectivity index (χ0) is 22.0. The van der Waals surface area contributed by atoms with Crippen molar-refractivity contribution in [3.63, 3.8) is 0 Å². The van der Waals surface area contributed by atoms with Crippen LogP contribution in [0.2, 0.25) is 0 Å². The van der Waals surface area contributed by atoms with Gasteiger partial charge in [-0.3, -0.25) is 4.79 Å². The molecular formula is C23H39N3O5. The Morgan fingerprint density at radius 1 is 0.935 bits per heavy atom. The van der Waals surface area contributed by atoms with Crippen molar-refractivity contribution in [2.75, 3.05) is 77.8 Å². The molecule has 1 aromatic rings. The second-order valence-corrected chi connectivity index (χ2v) is 7.57. The van der Waals surface area contributed by atoms with Gasteiger partial charge in [0, 0.05) is 37.8 Å². The third-order valence-corrected chi connectivity index (χ3v) is 4.96. The number of anilines is 1. The van der Waals surface area contributed by atoms with Gasteiger partial charge in [0.2, 0.25) is 5.91 Å². The Kier molecular flexibility index (Phi) is 14.1. The van der Waals surface area contributed by atoms with Gasteiger partial charge in [0.1, 0.15) is 0 Å². The fourth-order valence-corrected chi connectivity index (χ4v) is 3.20. The summed E-state index contributed by atoms with van der Waals surface area (Å²) >= 11 is 0. The molecule has 0 aliphatic carbocycles. The summed E-state index contributed by atoms with van der Waals surface area (Å²) in [6.07, 6.45) is 2.13. The van der Waals surface area contributed by atoms with Gasteiger partial charge < -0.3 is 34.9 Å². The molecule has 1 aromatic carbocycles. The maximum absolute atomic E-state index is 12.3.